The number of unbranched alkanes of at least 4 members (excludes halogenated alkanes) is 2. The van der Waals surface area contributed by atoms with Gasteiger partial charge in [-0.2, -0.15) is 0 Å². The Kier molecular flexibility index (Phi) is 35.8. The number of nitrogens with one attached hydrogen (secondary N) is 1. The minimum Gasteiger partial charge on any atom is -0.449 e. The van der Waals surface area contributed by atoms with Crippen LogP contribution in [0.5, 0.6) is 0 Å². The van der Waals surface area contributed by atoms with E-state index in [-0.39, 0.29) is 41.5 Å². The second-order valence-electron chi connectivity index (χ2n) is 18.8. The molecule has 0 saturated heterocycles. The number of carbonyl (C=O) groups is 7. The summed E-state index contributed by atoms with van der Waals surface area (Å²) in [4.78, 5) is 93.7. The molecule has 414 valence electrons. The fraction of sp³-hybridized carbons (Fsp3) is 0.712. The fourth-order valence-electron chi connectivity index (χ4n) is 7.92. The number of nitrogens with zero attached hydrogens (tertiary/aromatic N) is 8. The van der Waals surface area contributed by atoms with Crippen molar-refractivity contribution in [2.24, 2.45) is 40.7 Å². The molecule has 73 heavy (non-hydrogen) atoms. The van der Waals surface area contributed by atoms with Crippen LogP contribution in [0.4, 0.5) is 4.79 Å². The minimum absolute atomic E-state index is 0.191. The van der Waals surface area contributed by atoms with Crippen LogP contribution in [-0.4, -0.2) is 240 Å². The van der Waals surface area contributed by atoms with Gasteiger partial charge in [0, 0.05) is 154 Å². The lowest BCUT2D eigenvalue weighted by Crippen LogP contribution is -2.39. The first-order valence-corrected chi connectivity index (χ1v) is 26.2. The lowest BCUT2D eigenvalue weighted by atomic mass is 10.1. The maximum absolute atomic E-state index is 11.9. The van der Waals surface area contributed by atoms with E-state index in [1.165, 1.54) is 70.5 Å². The van der Waals surface area contributed by atoms with Crippen molar-refractivity contribution in [2.45, 2.75) is 65.2 Å². The third kappa shape index (κ3) is 29.0. The molecule has 21 heteroatoms. The summed E-state index contributed by atoms with van der Waals surface area (Å²) in [5, 5.41) is 2.76. The number of alkyl carbamates (subject to hydrolysis) is 1. The van der Waals surface area contributed by atoms with Gasteiger partial charge in [-0.25, -0.2) is 4.79 Å². The Morgan fingerprint density at radius 3 is 1.15 bits per heavy atom. The summed E-state index contributed by atoms with van der Waals surface area (Å²) >= 11 is 0. The summed E-state index contributed by atoms with van der Waals surface area (Å²) in [6, 6.07) is 0. The molecule has 3 aliphatic heterocycles. The summed E-state index contributed by atoms with van der Waals surface area (Å²) < 4.78 is 5.38. The van der Waals surface area contributed by atoms with E-state index in [9.17, 15) is 33.6 Å². The number of imide groups is 3. The molecule has 2 aliphatic carbocycles. The third-order valence-electron chi connectivity index (χ3n) is 12.7. The number of fused-ring (bicyclic) bond motifs is 1. The van der Waals surface area contributed by atoms with Crippen molar-refractivity contribution >= 4 is 41.5 Å². The average Bonchev–Trinajstić information content (AvgIpc) is 3.48. The number of hydrogen-bond donors (Lipinski definition) is 5. The van der Waals surface area contributed by atoms with E-state index in [2.05, 4.69) is 52.8 Å². The lowest BCUT2D eigenvalue weighted by molar-refractivity contribution is -0.138. The number of ether oxygens (including phenoxy) is 1. The van der Waals surface area contributed by atoms with Crippen LogP contribution in [0.2, 0.25) is 0 Å². The molecule has 5 aliphatic rings. The predicted octanol–water partition coefficient (Wildman–Crippen LogP) is -0.0332. The van der Waals surface area contributed by atoms with Crippen molar-refractivity contribution in [3.05, 3.63) is 36.5 Å². The number of rotatable bonds is 28. The van der Waals surface area contributed by atoms with Crippen LogP contribution >= 0.6 is 0 Å². The zero-order valence-corrected chi connectivity index (χ0v) is 45.4. The predicted molar refractivity (Wildman–Crippen MR) is 287 cm³/mol. The Hall–Kier alpha value is -4.89. The molecule has 1 saturated carbocycles. The molecule has 3 heterocycles. The van der Waals surface area contributed by atoms with Crippen molar-refractivity contribution in [1.29, 1.82) is 0 Å². The normalized spacial score (nSPS) is 18.5. The van der Waals surface area contributed by atoms with E-state index >= 15 is 0 Å². The molecule has 21 nitrogen and oxygen atoms in total. The molecule has 0 aromatic heterocycles. The van der Waals surface area contributed by atoms with E-state index in [1.54, 1.807) is 0 Å². The van der Waals surface area contributed by atoms with Gasteiger partial charge in [0.1, 0.15) is 0 Å². The largest absolute Gasteiger partial charge is 0.449 e. The Morgan fingerprint density at radius 2 is 0.822 bits per heavy atom. The summed E-state index contributed by atoms with van der Waals surface area (Å²) in [5.41, 5.74) is 21.3. The van der Waals surface area contributed by atoms with Gasteiger partial charge >= 0.3 is 6.09 Å². The second-order valence-corrected chi connectivity index (χ2v) is 18.8. The highest BCUT2D eigenvalue weighted by Gasteiger charge is 2.49. The number of likely N-dealkylation sites (N-methyl/N-ethyl adjacent to an activating group) is 5. The number of nitrogens with two attached hydrogens (primary N) is 4. The molecule has 7 amide bonds. The summed E-state index contributed by atoms with van der Waals surface area (Å²) in [6.45, 7) is 17.8. The van der Waals surface area contributed by atoms with E-state index in [0.717, 1.165) is 97.4 Å². The smallest absolute Gasteiger partial charge is 0.407 e. The summed E-state index contributed by atoms with van der Waals surface area (Å²) in [5.74, 6) is 6.82. The van der Waals surface area contributed by atoms with Gasteiger partial charge in [-0.15, -0.1) is 11.8 Å². The summed E-state index contributed by atoms with van der Waals surface area (Å²) in [6.07, 6.45) is 16.5. The molecular weight excluding hydrogens is 935 g/mol. The Morgan fingerprint density at radius 1 is 0.521 bits per heavy atom. The highest BCUT2D eigenvalue weighted by Crippen LogP contribution is 2.52. The first-order chi connectivity index (χ1) is 35.0. The van der Waals surface area contributed by atoms with Gasteiger partial charge in [0.05, 0.1) is 6.61 Å². The van der Waals surface area contributed by atoms with Crippen molar-refractivity contribution in [3.63, 3.8) is 0 Å². The Labute approximate surface area is 437 Å². The minimum atomic E-state index is -0.381. The first-order valence-electron chi connectivity index (χ1n) is 26.2. The van der Waals surface area contributed by atoms with Crippen LogP contribution in [0.3, 0.4) is 0 Å². The van der Waals surface area contributed by atoms with Gasteiger partial charge in [-0.3, -0.25) is 43.5 Å². The van der Waals surface area contributed by atoms with E-state index in [0.29, 0.717) is 76.7 Å². The van der Waals surface area contributed by atoms with Crippen LogP contribution in [0.15, 0.2) is 36.5 Å². The van der Waals surface area contributed by atoms with Gasteiger partial charge in [0.25, 0.3) is 35.4 Å². The molecule has 0 aromatic carbocycles. The van der Waals surface area contributed by atoms with Gasteiger partial charge in [-0.05, 0) is 91.8 Å². The SMILES string of the molecule is CCCCN(C)CCN.CCCCN(C)CCN1C(=O)C=CC1=O.CN(CCN)CCN.CN(CCN)CCN1C(=O)C=CC1=O.CN(CCNC(=O)OCC1[C@H]2CCC#CCC[C@@H]12)CCN1C(=O)C=CC1=O. The van der Waals surface area contributed by atoms with Crippen LogP contribution in [0.1, 0.15) is 65.2 Å². The highest BCUT2D eigenvalue weighted by molar-refractivity contribution is 6.14. The average molecular weight is 1030 g/mol. The number of carbonyl (C=O) groups excluding carboxylic acids is 7. The topological polar surface area (TPSA) is 271 Å². The Bertz CT molecular complexity index is 1740. The number of hydrogen-bond acceptors (Lipinski definition) is 17. The monoisotopic (exact) mass is 1030 g/mol. The van der Waals surface area contributed by atoms with Crippen molar-refractivity contribution in [2.75, 3.05) is 160 Å². The lowest BCUT2D eigenvalue weighted by Gasteiger charge is -2.20. The molecule has 3 atom stereocenters. The van der Waals surface area contributed by atoms with Crippen LogP contribution in [-0.2, 0) is 33.5 Å². The maximum atomic E-state index is 11.9. The number of amides is 7. The molecule has 0 radical (unpaired) electrons. The molecule has 1 fully saturated rings. The van der Waals surface area contributed by atoms with Crippen molar-refractivity contribution in [1.82, 2.24) is 44.5 Å². The second kappa shape index (κ2) is 39.6. The fourth-order valence-corrected chi connectivity index (χ4v) is 7.92. The highest BCUT2D eigenvalue weighted by atomic mass is 16.5. The summed E-state index contributed by atoms with van der Waals surface area (Å²) in [7, 11) is 9.93. The maximum Gasteiger partial charge on any atom is 0.407 e. The molecule has 0 aromatic rings. The quantitative estimate of drug-likeness (QED) is 0.0509. The molecule has 0 bridgehead atoms. The van der Waals surface area contributed by atoms with Crippen LogP contribution < -0.4 is 28.3 Å². The van der Waals surface area contributed by atoms with Crippen LogP contribution in [0.25, 0.3) is 0 Å². The first kappa shape index (κ1) is 66.1. The molecule has 1 unspecified atom stereocenters. The van der Waals surface area contributed by atoms with E-state index in [1.807, 2.05) is 38.0 Å². The van der Waals surface area contributed by atoms with Gasteiger partial charge in [-0.1, -0.05) is 26.7 Å². The van der Waals surface area contributed by atoms with Crippen LogP contribution in [0, 0.1) is 29.6 Å². The van der Waals surface area contributed by atoms with Gasteiger partial charge < -0.3 is 57.5 Å². The Balaban J connectivity index is 0.000000496. The zero-order valence-electron chi connectivity index (χ0n) is 45.4. The van der Waals surface area contributed by atoms with Crippen molar-refractivity contribution in [3.8, 4) is 11.8 Å². The van der Waals surface area contributed by atoms with E-state index < -0.39 is 0 Å². The van der Waals surface area contributed by atoms with Crippen molar-refractivity contribution < 1.29 is 38.3 Å². The molecular formula is C52H93N13O8. The molecule has 0 spiro atoms. The van der Waals surface area contributed by atoms with E-state index in [4.69, 9.17) is 27.7 Å². The van der Waals surface area contributed by atoms with Gasteiger partial charge in [0.15, 0.2) is 0 Å². The molecule has 9 N–H and O–H groups in total. The van der Waals surface area contributed by atoms with Gasteiger partial charge in [0.2, 0.25) is 0 Å². The third-order valence-corrected chi connectivity index (χ3v) is 12.7. The standard InChI is InChI=1S/C20H27N3O4.C11H18N2O2.C9H15N3O2.C7H18N2.C5H15N3/c1-22(12-13-23-18(24)8-9-19(23)25)11-10-21-20(26)27-14-17-15-6-4-2-3-5-7-16(15)17;1-3-4-7-12(2)8-9-13-10(14)5-6-11(13)15;1-11(5-4-10)6-7-12-8(13)2-3-9(12)14;1-3-4-6-9(2)7-5-8;1-8(4-2-6)5-3-7/h8-9,15-17H,4-7,10-14H2,1H3,(H,21,26);5-6H,3-4,7-9H2,1-2H3;2-3H,4-7,10H2,1H3;3-8H2,1-2H3;2-7H2,1H3/t15-,16+,17?;;;;. The molecule has 5 rings (SSSR count). The zero-order chi connectivity index (χ0) is 54.6.